The van der Waals surface area contributed by atoms with Gasteiger partial charge in [-0.3, -0.25) is 4.79 Å². The van der Waals surface area contributed by atoms with Crippen LogP contribution < -0.4 is 11.1 Å². The van der Waals surface area contributed by atoms with E-state index in [0.717, 1.165) is 16.7 Å². The molecule has 0 fully saturated rings. The van der Waals surface area contributed by atoms with Crippen molar-refractivity contribution in [1.29, 1.82) is 0 Å². The van der Waals surface area contributed by atoms with E-state index in [2.05, 4.69) is 10.3 Å². The molecule has 0 aliphatic carbocycles. The lowest BCUT2D eigenvalue weighted by atomic mass is 9.95. The number of nitrogens with two attached hydrogens (primary N) is 1. The van der Waals surface area contributed by atoms with Crippen LogP contribution >= 0.6 is 0 Å². The quantitative estimate of drug-likeness (QED) is 0.283. The van der Waals surface area contributed by atoms with Gasteiger partial charge in [0.2, 0.25) is 5.91 Å². The molecule has 1 heterocycles. The molecule has 0 aliphatic heterocycles. The monoisotopic (exact) mass is 472 g/mol. The molecular weight excluding hydrogens is 443 g/mol. The summed E-state index contributed by atoms with van der Waals surface area (Å²) in [6.07, 6.45) is 0.695. The standard InChI is InChI=1S/C28H29FN4O2/c1-17(34)31-15-14-18-4-6-19(7-5-18)26(32-22-11-8-20(9-12-22)28(2,3)30)25-23-13-10-21(29)16-24(23)33-27(25)35/h4-13,16,33,35H,14-15,30H2,1-3H3,(H,31,34). The van der Waals surface area contributed by atoms with Gasteiger partial charge in [-0.05, 0) is 61.7 Å². The zero-order valence-electron chi connectivity index (χ0n) is 20.0. The zero-order valence-corrected chi connectivity index (χ0v) is 20.0. The number of aromatic hydroxyl groups is 1. The van der Waals surface area contributed by atoms with Crippen LogP contribution in [0.25, 0.3) is 10.9 Å². The first kappa shape index (κ1) is 24.2. The van der Waals surface area contributed by atoms with Gasteiger partial charge in [0.25, 0.3) is 0 Å². The average molecular weight is 473 g/mol. The molecule has 5 N–H and O–H groups in total. The third-order valence-corrected chi connectivity index (χ3v) is 5.84. The molecule has 7 heteroatoms. The summed E-state index contributed by atoms with van der Waals surface area (Å²) in [6.45, 7) is 5.92. The number of aromatic amines is 1. The van der Waals surface area contributed by atoms with Crippen molar-refractivity contribution in [3.63, 3.8) is 0 Å². The molecule has 3 aromatic carbocycles. The molecule has 35 heavy (non-hydrogen) atoms. The third kappa shape index (κ3) is 5.58. The van der Waals surface area contributed by atoms with Gasteiger partial charge in [0.15, 0.2) is 5.88 Å². The minimum absolute atomic E-state index is 0.0636. The third-order valence-electron chi connectivity index (χ3n) is 5.84. The second-order valence-corrected chi connectivity index (χ2v) is 9.20. The highest BCUT2D eigenvalue weighted by atomic mass is 19.1. The van der Waals surface area contributed by atoms with Crippen LogP contribution in [-0.4, -0.2) is 28.3 Å². The van der Waals surface area contributed by atoms with Crippen LogP contribution in [-0.2, 0) is 16.8 Å². The number of H-pyrrole nitrogens is 1. The molecular formula is C28H29FN4O2. The van der Waals surface area contributed by atoms with Gasteiger partial charge in [0.1, 0.15) is 5.82 Å². The van der Waals surface area contributed by atoms with E-state index in [9.17, 15) is 14.3 Å². The number of nitrogens with zero attached hydrogens (tertiary/aromatic N) is 1. The fourth-order valence-corrected chi connectivity index (χ4v) is 3.97. The molecule has 0 aliphatic rings. The number of carbonyl (C=O) groups excluding carboxylic acids is 1. The highest BCUT2D eigenvalue weighted by Crippen LogP contribution is 2.32. The van der Waals surface area contributed by atoms with Crippen LogP contribution in [0, 0.1) is 5.82 Å². The number of aliphatic imine (C=N–C) groups is 1. The first-order chi connectivity index (χ1) is 16.6. The van der Waals surface area contributed by atoms with Crippen LogP contribution in [0.2, 0.25) is 0 Å². The SMILES string of the molecule is CC(=O)NCCc1ccc(C(=Nc2ccc(C(C)(C)N)cc2)c2c(O)[nH]c3cc(F)ccc23)cc1. The summed E-state index contributed by atoms with van der Waals surface area (Å²) in [6, 6.07) is 19.8. The van der Waals surface area contributed by atoms with Crippen LogP contribution in [0.15, 0.2) is 71.7 Å². The van der Waals surface area contributed by atoms with E-state index in [0.29, 0.717) is 40.8 Å². The van der Waals surface area contributed by atoms with Gasteiger partial charge in [0.05, 0.1) is 22.5 Å². The maximum absolute atomic E-state index is 13.8. The highest BCUT2D eigenvalue weighted by molar-refractivity contribution is 6.21. The maximum Gasteiger partial charge on any atom is 0.216 e. The van der Waals surface area contributed by atoms with Gasteiger partial charge >= 0.3 is 0 Å². The first-order valence-electron chi connectivity index (χ1n) is 11.4. The zero-order chi connectivity index (χ0) is 25.2. The van der Waals surface area contributed by atoms with E-state index >= 15 is 0 Å². The fraction of sp³-hybridized carbons (Fsp3) is 0.214. The molecule has 1 aromatic heterocycles. The largest absolute Gasteiger partial charge is 0.494 e. The van der Waals surface area contributed by atoms with E-state index in [1.165, 1.54) is 19.1 Å². The van der Waals surface area contributed by atoms with Gasteiger partial charge in [-0.25, -0.2) is 9.38 Å². The first-order valence-corrected chi connectivity index (χ1v) is 11.4. The minimum Gasteiger partial charge on any atom is -0.494 e. The van der Waals surface area contributed by atoms with Gasteiger partial charge in [-0.15, -0.1) is 0 Å². The molecule has 0 atom stereocenters. The lowest BCUT2D eigenvalue weighted by molar-refractivity contribution is -0.118. The Morgan fingerprint density at radius 2 is 1.77 bits per heavy atom. The summed E-state index contributed by atoms with van der Waals surface area (Å²) in [5, 5.41) is 14.3. The lowest BCUT2D eigenvalue weighted by Gasteiger charge is -2.19. The van der Waals surface area contributed by atoms with Crippen molar-refractivity contribution in [2.45, 2.75) is 32.7 Å². The Morgan fingerprint density at radius 3 is 2.40 bits per heavy atom. The number of hydrogen-bond donors (Lipinski definition) is 4. The number of fused-ring (bicyclic) bond motifs is 1. The number of nitrogens with one attached hydrogen (secondary N) is 2. The van der Waals surface area contributed by atoms with E-state index in [4.69, 9.17) is 10.7 Å². The van der Waals surface area contributed by atoms with Gasteiger partial charge < -0.3 is 21.1 Å². The number of carbonyl (C=O) groups is 1. The van der Waals surface area contributed by atoms with Gasteiger partial charge in [-0.1, -0.05) is 36.4 Å². The van der Waals surface area contributed by atoms with Gasteiger partial charge in [-0.2, -0.15) is 0 Å². The van der Waals surface area contributed by atoms with Crippen LogP contribution in [0.3, 0.4) is 0 Å². The summed E-state index contributed by atoms with van der Waals surface area (Å²) >= 11 is 0. The Bertz CT molecular complexity index is 1380. The number of halogens is 1. The van der Waals surface area contributed by atoms with Gasteiger partial charge in [0, 0.05) is 30.0 Å². The van der Waals surface area contributed by atoms with Crippen molar-refractivity contribution in [3.8, 4) is 5.88 Å². The summed E-state index contributed by atoms with van der Waals surface area (Å²) in [5.41, 5.74) is 10.8. The van der Waals surface area contributed by atoms with Crippen molar-refractivity contribution >= 4 is 28.2 Å². The lowest BCUT2D eigenvalue weighted by Crippen LogP contribution is -2.28. The number of benzene rings is 3. The van der Waals surface area contributed by atoms with E-state index in [-0.39, 0.29) is 11.8 Å². The van der Waals surface area contributed by atoms with Crippen molar-refractivity contribution in [2.24, 2.45) is 10.7 Å². The number of amides is 1. The second-order valence-electron chi connectivity index (χ2n) is 9.20. The Kier molecular flexibility index (Phi) is 6.71. The molecule has 0 saturated carbocycles. The molecule has 0 bridgehead atoms. The van der Waals surface area contributed by atoms with Crippen molar-refractivity contribution < 1.29 is 14.3 Å². The summed E-state index contributed by atoms with van der Waals surface area (Å²) in [4.78, 5) is 18.9. The van der Waals surface area contributed by atoms with Crippen LogP contribution in [0.5, 0.6) is 5.88 Å². The summed E-state index contributed by atoms with van der Waals surface area (Å²) < 4.78 is 13.8. The highest BCUT2D eigenvalue weighted by Gasteiger charge is 2.20. The number of rotatable bonds is 7. The number of hydrogen-bond acceptors (Lipinski definition) is 4. The smallest absolute Gasteiger partial charge is 0.216 e. The Hall–Kier alpha value is -3.97. The van der Waals surface area contributed by atoms with Crippen molar-refractivity contribution in [1.82, 2.24) is 10.3 Å². The molecule has 0 spiro atoms. The van der Waals surface area contributed by atoms with E-state index < -0.39 is 11.4 Å². The molecule has 0 saturated heterocycles. The molecule has 6 nitrogen and oxygen atoms in total. The number of aromatic nitrogens is 1. The minimum atomic E-state index is -0.475. The maximum atomic E-state index is 13.8. The molecule has 0 unspecified atom stereocenters. The van der Waals surface area contributed by atoms with Crippen molar-refractivity contribution in [3.05, 3.63) is 94.8 Å². The molecule has 0 radical (unpaired) electrons. The summed E-state index contributed by atoms with van der Waals surface area (Å²) in [5.74, 6) is -0.544. The molecule has 1 amide bonds. The van der Waals surface area contributed by atoms with E-state index in [1.807, 2.05) is 62.4 Å². The second kappa shape index (κ2) is 9.72. The Balaban J connectivity index is 1.78. The predicted octanol–water partition coefficient (Wildman–Crippen LogP) is 5.05. The van der Waals surface area contributed by atoms with E-state index in [1.54, 1.807) is 6.07 Å². The fourth-order valence-electron chi connectivity index (χ4n) is 3.97. The Morgan fingerprint density at radius 1 is 1.09 bits per heavy atom. The Labute approximate surface area is 203 Å². The van der Waals surface area contributed by atoms with Crippen LogP contribution in [0.4, 0.5) is 10.1 Å². The topological polar surface area (TPSA) is 104 Å². The normalized spacial score (nSPS) is 12.2. The van der Waals surface area contributed by atoms with Crippen molar-refractivity contribution in [2.75, 3.05) is 6.54 Å². The van der Waals surface area contributed by atoms with Crippen LogP contribution in [0.1, 0.15) is 43.0 Å². The average Bonchev–Trinajstić information content (AvgIpc) is 3.12. The molecule has 180 valence electrons. The molecule has 4 aromatic rings. The predicted molar refractivity (Wildman–Crippen MR) is 138 cm³/mol. The molecule has 4 rings (SSSR count). The summed E-state index contributed by atoms with van der Waals surface area (Å²) in [7, 11) is 0.